The van der Waals surface area contributed by atoms with E-state index in [1.807, 2.05) is 34.7 Å². The molecule has 1 amide bonds. The van der Waals surface area contributed by atoms with Gasteiger partial charge in [0.1, 0.15) is 11.5 Å². The Kier molecular flexibility index (Phi) is 6.57. The first-order valence-corrected chi connectivity index (χ1v) is 8.47. The predicted molar refractivity (Wildman–Crippen MR) is 101 cm³/mol. The van der Waals surface area contributed by atoms with Gasteiger partial charge in [-0.05, 0) is 46.7 Å². The summed E-state index contributed by atoms with van der Waals surface area (Å²) in [5.74, 6) is 1.02. The Balaban J connectivity index is 2.04. The van der Waals surface area contributed by atoms with Gasteiger partial charge < -0.3 is 14.8 Å². The molecule has 0 heterocycles. The SMILES string of the molecule is COc1ccc(CCNC(=O)c2cc([N+](=O)[O-])ccc2I)c(OC)c1. The lowest BCUT2D eigenvalue weighted by atomic mass is 10.1. The van der Waals surface area contributed by atoms with Gasteiger partial charge in [-0.1, -0.05) is 6.07 Å². The molecule has 0 saturated heterocycles. The highest BCUT2D eigenvalue weighted by molar-refractivity contribution is 14.1. The molecule has 2 rings (SSSR count). The molecule has 8 heteroatoms. The third kappa shape index (κ3) is 4.81. The van der Waals surface area contributed by atoms with Gasteiger partial charge in [0, 0.05) is 28.3 Å². The zero-order chi connectivity index (χ0) is 18.4. The predicted octanol–water partition coefficient (Wildman–Crippen LogP) is 3.19. The summed E-state index contributed by atoms with van der Waals surface area (Å²) in [7, 11) is 3.15. The van der Waals surface area contributed by atoms with E-state index in [0.717, 1.165) is 5.56 Å². The van der Waals surface area contributed by atoms with Crippen LogP contribution in [0, 0.1) is 13.7 Å². The van der Waals surface area contributed by atoms with Gasteiger partial charge in [-0.3, -0.25) is 14.9 Å². The van der Waals surface area contributed by atoms with Gasteiger partial charge in [0.15, 0.2) is 0 Å². The number of nitrogens with one attached hydrogen (secondary N) is 1. The fourth-order valence-corrected chi connectivity index (χ4v) is 2.85. The third-order valence-electron chi connectivity index (χ3n) is 3.58. The Morgan fingerprint density at radius 3 is 2.60 bits per heavy atom. The number of carbonyl (C=O) groups is 1. The molecule has 0 aliphatic heterocycles. The summed E-state index contributed by atoms with van der Waals surface area (Å²) >= 11 is 1.98. The number of amides is 1. The van der Waals surface area contributed by atoms with E-state index in [0.29, 0.717) is 28.0 Å². The van der Waals surface area contributed by atoms with Crippen molar-refractivity contribution in [2.24, 2.45) is 0 Å². The highest BCUT2D eigenvalue weighted by atomic mass is 127. The van der Waals surface area contributed by atoms with Crippen LogP contribution in [0.5, 0.6) is 11.5 Å². The molecule has 0 unspecified atom stereocenters. The van der Waals surface area contributed by atoms with E-state index in [2.05, 4.69) is 5.32 Å². The summed E-state index contributed by atoms with van der Waals surface area (Å²) in [6.07, 6.45) is 0.560. The maximum Gasteiger partial charge on any atom is 0.270 e. The number of methoxy groups -OCH3 is 2. The molecule has 25 heavy (non-hydrogen) atoms. The Bertz CT molecular complexity index is 795. The number of halogens is 1. The number of nitrogens with zero attached hydrogens (tertiary/aromatic N) is 1. The summed E-state index contributed by atoms with van der Waals surface area (Å²) in [6, 6.07) is 9.69. The molecule has 0 radical (unpaired) electrons. The highest BCUT2D eigenvalue weighted by Gasteiger charge is 2.15. The van der Waals surface area contributed by atoms with Gasteiger partial charge >= 0.3 is 0 Å². The topological polar surface area (TPSA) is 90.7 Å². The molecule has 2 aromatic rings. The molecule has 132 valence electrons. The van der Waals surface area contributed by atoms with Crippen LogP contribution >= 0.6 is 22.6 Å². The second-order valence-corrected chi connectivity index (χ2v) is 6.27. The molecule has 0 saturated carbocycles. The van der Waals surface area contributed by atoms with Crippen LogP contribution in [-0.4, -0.2) is 31.6 Å². The fraction of sp³-hybridized carbons (Fsp3) is 0.235. The van der Waals surface area contributed by atoms with Crippen LogP contribution in [0.1, 0.15) is 15.9 Å². The largest absolute Gasteiger partial charge is 0.497 e. The van der Waals surface area contributed by atoms with Gasteiger partial charge in [-0.2, -0.15) is 0 Å². The lowest BCUT2D eigenvalue weighted by molar-refractivity contribution is -0.384. The van der Waals surface area contributed by atoms with Crippen molar-refractivity contribution in [3.63, 3.8) is 0 Å². The number of hydrogen-bond acceptors (Lipinski definition) is 5. The fourth-order valence-electron chi connectivity index (χ4n) is 2.27. The quantitative estimate of drug-likeness (QED) is 0.393. The first-order chi connectivity index (χ1) is 12.0. The van der Waals surface area contributed by atoms with Crippen molar-refractivity contribution in [3.05, 3.63) is 61.2 Å². The number of nitro benzene ring substituents is 1. The molecule has 0 aromatic heterocycles. The van der Waals surface area contributed by atoms with E-state index in [1.165, 1.54) is 12.1 Å². The van der Waals surface area contributed by atoms with Crippen molar-refractivity contribution in [3.8, 4) is 11.5 Å². The van der Waals surface area contributed by atoms with E-state index >= 15 is 0 Å². The maximum absolute atomic E-state index is 12.3. The molecule has 0 fully saturated rings. The number of hydrogen-bond donors (Lipinski definition) is 1. The van der Waals surface area contributed by atoms with Crippen molar-refractivity contribution in [1.29, 1.82) is 0 Å². The van der Waals surface area contributed by atoms with Crippen molar-refractivity contribution in [2.45, 2.75) is 6.42 Å². The zero-order valence-corrected chi connectivity index (χ0v) is 15.9. The molecule has 0 atom stereocenters. The van der Waals surface area contributed by atoms with Crippen molar-refractivity contribution in [1.82, 2.24) is 5.32 Å². The molecule has 0 aliphatic rings. The second-order valence-electron chi connectivity index (χ2n) is 5.10. The average molecular weight is 456 g/mol. The molecular formula is C17H17IN2O5. The average Bonchev–Trinajstić information content (AvgIpc) is 2.61. The smallest absolute Gasteiger partial charge is 0.270 e. The Morgan fingerprint density at radius 1 is 1.20 bits per heavy atom. The minimum atomic E-state index is -0.519. The number of non-ortho nitro benzene ring substituents is 1. The molecule has 0 spiro atoms. The van der Waals surface area contributed by atoms with Crippen LogP contribution in [0.2, 0.25) is 0 Å². The molecule has 1 N–H and O–H groups in total. The summed E-state index contributed by atoms with van der Waals surface area (Å²) in [6.45, 7) is 0.375. The van der Waals surface area contributed by atoms with Crippen LogP contribution in [0.3, 0.4) is 0 Å². The number of ether oxygens (including phenoxy) is 2. The lowest BCUT2D eigenvalue weighted by Gasteiger charge is -2.11. The normalized spacial score (nSPS) is 10.2. The third-order valence-corrected chi connectivity index (χ3v) is 4.52. The zero-order valence-electron chi connectivity index (χ0n) is 13.7. The minimum Gasteiger partial charge on any atom is -0.497 e. The highest BCUT2D eigenvalue weighted by Crippen LogP contribution is 2.25. The Labute approximate surface area is 158 Å². The monoisotopic (exact) mass is 456 g/mol. The first-order valence-electron chi connectivity index (χ1n) is 7.39. The van der Waals surface area contributed by atoms with Crippen molar-refractivity contribution >= 4 is 34.2 Å². The number of benzene rings is 2. The number of carbonyl (C=O) groups excluding carboxylic acids is 1. The molecule has 2 aromatic carbocycles. The van der Waals surface area contributed by atoms with Crippen LogP contribution in [0.25, 0.3) is 0 Å². The van der Waals surface area contributed by atoms with Crippen LogP contribution in [0.4, 0.5) is 5.69 Å². The van der Waals surface area contributed by atoms with Gasteiger partial charge in [0.05, 0.1) is 24.7 Å². The van der Waals surface area contributed by atoms with E-state index in [1.54, 1.807) is 26.4 Å². The van der Waals surface area contributed by atoms with Crippen molar-refractivity contribution in [2.75, 3.05) is 20.8 Å². The maximum atomic E-state index is 12.3. The van der Waals surface area contributed by atoms with E-state index < -0.39 is 4.92 Å². The van der Waals surface area contributed by atoms with E-state index in [4.69, 9.17) is 9.47 Å². The standard InChI is InChI=1S/C17H17IN2O5/c1-24-13-5-3-11(16(10-13)25-2)7-8-19-17(21)14-9-12(20(22)23)4-6-15(14)18/h3-6,9-10H,7-8H2,1-2H3,(H,19,21). The molecule has 0 bridgehead atoms. The number of rotatable bonds is 7. The van der Waals surface area contributed by atoms with Crippen LogP contribution in [0.15, 0.2) is 36.4 Å². The van der Waals surface area contributed by atoms with E-state index in [9.17, 15) is 14.9 Å². The lowest BCUT2D eigenvalue weighted by Crippen LogP contribution is -2.26. The summed E-state index contributed by atoms with van der Waals surface area (Å²) < 4.78 is 11.1. The van der Waals surface area contributed by atoms with Gasteiger partial charge in [0.25, 0.3) is 11.6 Å². The number of nitro groups is 1. The van der Waals surface area contributed by atoms with Gasteiger partial charge in [0.2, 0.25) is 0 Å². The minimum absolute atomic E-state index is 0.109. The second kappa shape index (κ2) is 8.65. The first kappa shape index (κ1) is 19.0. The van der Waals surface area contributed by atoms with Crippen molar-refractivity contribution < 1.29 is 19.2 Å². The molecule has 0 aliphatic carbocycles. The summed E-state index contributed by atoms with van der Waals surface area (Å²) in [5, 5.41) is 13.6. The van der Waals surface area contributed by atoms with Gasteiger partial charge in [-0.25, -0.2) is 0 Å². The summed E-state index contributed by atoms with van der Waals surface area (Å²) in [5.41, 5.74) is 1.11. The van der Waals surface area contributed by atoms with Gasteiger partial charge in [-0.15, -0.1) is 0 Å². The summed E-state index contributed by atoms with van der Waals surface area (Å²) in [4.78, 5) is 22.6. The van der Waals surface area contributed by atoms with Crippen LogP contribution < -0.4 is 14.8 Å². The van der Waals surface area contributed by atoms with Crippen LogP contribution in [-0.2, 0) is 6.42 Å². The molecular weight excluding hydrogens is 439 g/mol. The Hall–Kier alpha value is -2.36. The van der Waals surface area contributed by atoms with E-state index in [-0.39, 0.29) is 17.2 Å². The Morgan fingerprint density at radius 2 is 1.96 bits per heavy atom. The molecule has 7 nitrogen and oxygen atoms in total.